The molecule has 1 aromatic rings. The van der Waals surface area contributed by atoms with Crippen LogP contribution in [-0.4, -0.2) is 13.1 Å². The van der Waals surface area contributed by atoms with Crippen LogP contribution in [0.25, 0.3) is 0 Å². The predicted molar refractivity (Wildman–Crippen MR) is 50.6 cm³/mol. The van der Waals surface area contributed by atoms with E-state index in [9.17, 15) is 0 Å². The van der Waals surface area contributed by atoms with E-state index in [0.717, 1.165) is 5.56 Å². The third-order valence-electron chi connectivity index (χ3n) is 1.29. The molecule has 1 rings (SSSR count). The van der Waals surface area contributed by atoms with E-state index >= 15 is 0 Å². The average Bonchev–Trinajstić information content (AvgIpc) is 2.59. The van der Waals surface area contributed by atoms with E-state index in [1.807, 2.05) is 0 Å². The quantitative estimate of drug-likeness (QED) is 0.540. The average molecular weight is 174 g/mol. The van der Waals surface area contributed by atoms with Crippen molar-refractivity contribution in [2.75, 3.05) is 13.1 Å². The smallest absolute Gasteiger partial charge is 0.192 e. The Labute approximate surface area is 77.1 Å². The van der Waals surface area contributed by atoms with E-state index in [1.54, 1.807) is 12.3 Å². The van der Waals surface area contributed by atoms with E-state index in [-0.39, 0.29) is 0 Å². The SMILES string of the molecule is NCC#Cc1ccoc1C#CCN. The minimum Gasteiger partial charge on any atom is -0.455 e. The summed E-state index contributed by atoms with van der Waals surface area (Å²) in [5.74, 6) is 11.6. The van der Waals surface area contributed by atoms with Crippen molar-refractivity contribution in [3.05, 3.63) is 23.7 Å². The van der Waals surface area contributed by atoms with E-state index in [2.05, 4.69) is 23.7 Å². The Hall–Kier alpha value is -1.68. The van der Waals surface area contributed by atoms with Crippen LogP contribution in [-0.2, 0) is 0 Å². The lowest BCUT2D eigenvalue weighted by molar-refractivity contribution is 0.553. The van der Waals surface area contributed by atoms with Crippen LogP contribution < -0.4 is 11.5 Å². The Balaban J connectivity index is 2.89. The molecule has 0 aliphatic rings. The fraction of sp³-hybridized carbons (Fsp3) is 0.200. The minimum atomic E-state index is 0.310. The maximum atomic E-state index is 5.24. The topological polar surface area (TPSA) is 65.2 Å². The molecule has 0 amide bonds. The van der Waals surface area contributed by atoms with Gasteiger partial charge in [-0.3, -0.25) is 0 Å². The Morgan fingerprint density at radius 3 is 2.54 bits per heavy atom. The zero-order valence-electron chi connectivity index (χ0n) is 7.13. The second kappa shape index (κ2) is 5.05. The van der Waals surface area contributed by atoms with Gasteiger partial charge in [0.05, 0.1) is 24.9 Å². The van der Waals surface area contributed by atoms with Gasteiger partial charge in [-0.05, 0) is 12.0 Å². The Morgan fingerprint density at radius 1 is 1.15 bits per heavy atom. The molecular formula is C10H10N2O. The minimum absolute atomic E-state index is 0.310. The fourth-order valence-electron chi connectivity index (χ4n) is 0.782. The monoisotopic (exact) mass is 174 g/mol. The maximum Gasteiger partial charge on any atom is 0.192 e. The van der Waals surface area contributed by atoms with Gasteiger partial charge in [0, 0.05) is 0 Å². The van der Waals surface area contributed by atoms with Gasteiger partial charge in [0.25, 0.3) is 0 Å². The van der Waals surface area contributed by atoms with Gasteiger partial charge in [-0.1, -0.05) is 17.8 Å². The van der Waals surface area contributed by atoms with E-state index in [1.165, 1.54) is 0 Å². The van der Waals surface area contributed by atoms with Gasteiger partial charge in [0.2, 0.25) is 0 Å². The third kappa shape index (κ3) is 2.68. The van der Waals surface area contributed by atoms with E-state index in [4.69, 9.17) is 15.9 Å². The summed E-state index contributed by atoms with van der Waals surface area (Å²) in [6.07, 6.45) is 1.54. The maximum absolute atomic E-state index is 5.24. The molecule has 4 N–H and O–H groups in total. The molecule has 0 fully saturated rings. The van der Waals surface area contributed by atoms with Gasteiger partial charge in [-0.2, -0.15) is 0 Å². The van der Waals surface area contributed by atoms with Crippen LogP contribution in [0.3, 0.4) is 0 Å². The van der Waals surface area contributed by atoms with Gasteiger partial charge in [0.15, 0.2) is 5.76 Å². The van der Waals surface area contributed by atoms with Crippen molar-refractivity contribution >= 4 is 0 Å². The first kappa shape index (κ1) is 9.41. The lowest BCUT2D eigenvalue weighted by Gasteiger charge is -1.82. The van der Waals surface area contributed by atoms with Gasteiger partial charge in [-0.15, -0.1) is 0 Å². The lowest BCUT2D eigenvalue weighted by Crippen LogP contribution is -1.94. The molecular weight excluding hydrogens is 164 g/mol. The van der Waals surface area contributed by atoms with Crippen LogP contribution in [0.4, 0.5) is 0 Å². The number of furan rings is 1. The van der Waals surface area contributed by atoms with Gasteiger partial charge in [-0.25, -0.2) is 0 Å². The first-order chi connectivity index (χ1) is 6.38. The molecule has 0 unspecified atom stereocenters. The van der Waals surface area contributed by atoms with Crippen LogP contribution in [0, 0.1) is 23.7 Å². The van der Waals surface area contributed by atoms with Gasteiger partial charge in [0.1, 0.15) is 0 Å². The van der Waals surface area contributed by atoms with Crippen molar-refractivity contribution in [1.82, 2.24) is 0 Å². The highest BCUT2D eigenvalue weighted by Gasteiger charge is 1.98. The van der Waals surface area contributed by atoms with Crippen molar-refractivity contribution in [3.8, 4) is 23.7 Å². The summed E-state index contributed by atoms with van der Waals surface area (Å²) in [6.45, 7) is 0.638. The molecule has 0 saturated heterocycles. The van der Waals surface area contributed by atoms with Crippen LogP contribution in [0.1, 0.15) is 11.3 Å². The van der Waals surface area contributed by atoms with E-state index < -0.39 is 0 Å². The Morgan fingerprint density at radius 2 is 1.85 bits per heavy atom. The molecule has 0 bridgehead atoms. The van der Waals surface area contributed by atoms with E-state index in [0.29, 0.717) is 18.8 Å². The van der Waals surface area contributed by atoms with Crippen LogP contribution in [0.15, 0.2) is 16.7 Å². The largest absolute Gasteiger partial charge is 0.455 e. The standard InChI is InChI=1S/C10H10N2O/c11-6-1-3-9-5-8-13-10(9)4-2-7-12/h5,8H,6-7,11-12H2. The zero-order chi connectivity index (χ0) is 9.52. The number of nitrogens with two attached hydrogens (primary N) is 2. The molecule has 0 aliphatic carbocycles. The molecule has 0 aromatic carbocycles. The second-order valence-corrected chi connectivity index (χ2v) is 2.18. The molecule has 1 aromatic heterocycles. The summed E-state index contributed by atoms with van der Waals surface area (Å²) in [5.41, 5.74) is 11.2. The highest BCUT2D eigenvalue weighted by Crippen LogP contribution is 2.06. The van der Waals surface area contributed by atoms with Crippen LogP contribution >= 0.6 is 0 Å². The molecule has 13 heavy (non-hydrogen) atoms. The molecule has 3 nitrogen and oxygen atoms in total. The number of hydrogen-bond acceptors (Lipinski definition) is 3. The summed E-state index contributed by atoms with van der Waals surface area (Å²) in [4.78, 5) is 0. The molecule has 1 heterocycles. The number of rotatable bonds is 0. The molecule has 0 spiro atoms. The molecule has 0 radical (unpaired) electrons. The van der Waals surface area contributed by atoms with Crippen molar-refractivity contribution in [1.29, 1.82) is 0 Å². The zero-order valence-corrected chi connectivity index (χ0v) is 7.13. The summed E-state index contributed by atoms with van der Waals surface area (Å²) in [5, 5.41) is 0. The Bertz CT molecular complexity index is 348. The fourth-order valence-corrected chi connectivity index (χ4v) is 0.782. The second-order valence-electron chi connectivity index (χ2n) is 2.18. The Kier molecular flexibility index (Phi) is 3.66. The van der Waals surface area contributed by atoms with Crippen molar-refractivity contribution in [2.45, 2.75) is 0 Å². The van der Waals surface area contributed by atoms with Gasteiger partial charge >= 0.3 is 0 Å². The molecule has 66 valence electrons. The summed E-state index contributed by atoms with van der Waals surface area (Å²) in [7, 11) is 0. The summed E-state index contributed by atoms with van der Waals surface area (Å²) in [6, 6.07) is 1.75. The number of hydrogen-bond donors (Lipinski definition) is 2. The highest BCUT2D eigenvalue weighted by atomic mass is 16.3. The molecule has 0 saturated carbocycles. The predicted octanol–water partition coefficient (Wildman–Crippen LogP) is -0.100. The lowest BCUT2D eigenvalue weighted by atomic mass is 10.2. The molecule has 0 aliphatic heterocycles. The molecule has 3 heteroatoms. The van der Waals surface area contributed by atoms with Crippen molar-refractivity contribution in [2.24, 2.45) is 11.5 Å². The first-order valence-corrected chi connectivity index (χ1v) is 3.84. The van der Waals surface area contributed by atoms with Crippen LogP contribution in [0.2, 0.25) is 0 Å². The van der Waals surface area contributed by atoms with Crippen LogP contribution in [0.5, 0.6) is 0 Å². The molecule has 0 atom stereocenters. The van der Waals surface area contributed by atoms with Gasteiger partial charge < -0.3 is 15.9 Å². The van der Waals surface area contributed by atoms with Crippen molar-refractivity contribution in [3.63, 3.8) is 0 Å². The summed E-state index contributed by atoms with van der Waals surface area (Å²) < 4.78 is 5.09. The highest BCUT2D eigenvalue weighted by molar-refractivity contribution is 5.44. The summed E-state index contributed by atoms with van der Waals surface area (Å²) >= 11 is 0. The first-order valence-electron chi connectivity index (χ1n) is 3.84. The normalized spacial score (nSPS) is 8.15. The van der Waals surface area contributed by atoms with Crippen molar-refractivity contribution < 1.29 is 4.42 Å². The third-order valence-corrected chi connectivity index (χ3v) is 1.29.